The van der Waals surface area contributed by atoms with E-state index in [4.69, 9.17) is 12.2 Å². The van der Waals surface area contributed by atoms with E-state index < -0.39 is 0 Å². The maximum absolute atomic E-state index is 5.46. The first-order chi connectivity index (χ1) is 13.7. The minimum Gasteiger partial charge on any atom is -0.363 e. The molecule has 0 saturated carbocycles. The molecule has 1 aliphatic heterocycles. The number of anilines is 1. The van der Waals surface area contributed by atoms with Gasteiger partial charge in [0.05, 0.1) is 0 Å². The predicted molar refractivity (Wildman–Crippen MR) is 117 cm³/mol. The molecule has 0 bridgehead atoms. The Balaban J connectivity index is 1.47. The van der Waals surface area contributed by atoms with Gasteiger partial charge in [-0.3, -0.25) is 0 Å². The zero-order chi connectivity index (χ0) is 19.3. The smallest absolute Gasteiger partial charge is 0.204 e. The van der Waals surface area contributed by atoms with E-state index >= 15 is 0 Å². The van der Waals surface area contributed by atoms with Gasteiger partial charge in [-0.25, -0.2) is 0 Å². The van der Waals surface area contributed by atoms with Crippen LogP contribution in [0.3, 0.4) is 0 Å². The Morgan fingerprint density at radius 1 is 1.00 bits per heavy atom. The van der Waals surface area contributed by atoms with E-state index in [1.54, 1.807) is 9.80 Å². The molecular weight excluding hydrogens is 386 g/mol. The third-order valence-corrected chi connectivity index (χ3v) is 6.79. The molecule has 28 heavy (non-hydrogen) atoms. The number of piperazine rings is 1. The van der Waals surface area contributed by atoms with Gasteiger partial charge in [0.1, 0.15) is 32.2 Å². The largest absolute Gasteiger partial charge is 0.363 e. The molecule has 3 N–H and O–H groups in total. The molecule has 2 aromatic carbocycles. The predicted octanol–water partition coefficient (Wildman–Crippen LogP) is 1.25. The summed E-state index contributed by atoms with van der Waals surface area (Å²) < 4.78 is 2.82. The number of hydrogen-bond acceptors (Lipinski definition) is 4. The van der Waals surface area contributed by atoms with Crippen LogP contribution in [0.25, 0.3) is 0 Å². The second-order valence-electron chi connectivity index (χ2n) is 7.24. The Bertz CT molecular complexity index is 891. The highest BCUT2D eigenvalue weighted by Crippen LogP contribution is 2.18. The van der Waals surface area contributed by atoms with Crippen molar-refractivity contribution in [2.24, 2.45) is 0 Å². The molecule has 0 amide bonds. The van der Waals surface area contributed by atoms with Crippen LogP contribution >= 0.6 is 23.6 Å². The summed E-state index contributed by atoms with van der Waals surface area (Å²) in [5, 5.41) is 8.54. The van der Waals surface area contributed by atoms with Crippen molar-refractivity contribution in [2.75, 3.05) is 38.5 Å². The average Bonchev–Trinajstić information content (AvgIpc) is 3.10. The van der Waals surface area contributed by atoms with Gasteiger partial charge in [0, 0.05) is 18.2 Å². The number of benzene rings is 2. The van der Waals surface area contributed by atoms with E-state index in [1.165, 1.54) is 22.5 Å². The number of quaternary nitrogens is 2. The first-order valence-corrected chi connectivity index (χ1v) is 11.0. The van der Waals surface area contributed by atoms with Gasteiger partial charge in [0.15, 0.2) is 10.6 Å². The van der Waals surface area contributed by atoms with E-state index in [1.807, 2.05) is 11.7 Å². The molecule has 1 saturated heterocycles. The van der Waals surface area contributed by atoms with Crippen LogP contribution in [0, 0.1) is 3.95 Å². The lowest BCUT2D eigenvalue weighted by Crippen LogP contribution is -3.27. The lowest BCUT2D eigenvalue weighted by Gasteiger charge is -2.35. The summed E-state index contributed by atoms with van der Waals surface area (Å²) in [5.74, 6) is 0. The van der Waals surface area contributed by atoms with Gasteiger partial charge in [-0.2, -0.15) is 4.68 Å². The minimum atomic E-state index is 0.390. The van der Waals surface area contributed by atoms with Crippen LogP contribution in [0.15, 0.2) is 60.7 Å². The molecule has 0 radical (unpaired) electrons. The van der Waals surface area contributed by atoms with Gasteiger partial charge in [0.25, 0.3) is 0 Å². The van der Waals surface area contributed by atoms with Crippen molar-refractivity contribution in [2.45, 2.75) is 12.7 Å². The molecule has 0 aliphatic carbocycles. The lowest BCUT2D eigenvalue weighted by atomic mass is 9.96. The van der Waals surface area contributed by atoms with E-state index in [-0.39, 0.29) is 0 Å². The van der Waals surface area contributed by atoms with Crippen molar-refractivity contribution in [1.82, 2.24) is 9.78 Å². The van der Waals surface area contributed by atoms with Crippen LogP contribution in [0.4, 0.5) is 5.13 Å². The molecule has 2 heterocycles. The summed E-state index contributed by atoms with van der Waals surface area (Å²) in [6, 6.07) is 22.2. The van der Waals surface area contributed by atoms with E-state index in [0.717, 1.165) is 41.9 Å². The monoisotopic (exact) mass is 413 g/mol. The zero-order valence-corrected chi connectivity index (χ0v) is 17.7. The first kappa shape index (κ1) is 19.3. The van der Waals surface area contributed by atoms with Gasteiger partial charge in [-0.1, -0.05) is 72.0 Å². The summed E-state index contributed by atoms with van der Waals surface area (Å²) in [6.45, 7) is 5.38. The first-order valence-electron chi connectivity index (χ1n) is 9.78. The molecule has 7 heteroatoms. The fourth-order valence-corrected chi connectivity index (χ4v) is 5.01. The molecule has 0 atom stereocenters. The highest BCUT2D eigenvalue weighted by molar-refractivity contribution is 7.73. The average molecular weight is 414 g/mol. The molecule has 1 aliphatic rings. The number of rotatable bonds is 6. The third kappa shape index (κ3) is 4.33. The van der Waals surface area contributed by atoms with Crippen LogP contribution in [-0.2, 0) is 6.67 Å². The maximum Gasteiger partial charge on any atom is 0.204 e. The molecule has 5 nitrogen and oxygen atoms in total. The van der Waals surface area contributed by atoms with Gasteiger partial charge in [0.2, 0.25) is 5.13 Å². The zero-order valence-electron chi connectivity index (χ0n) is 16.1. The topological polar surface area (TPSA) is 38.7 Å². The lowest BCUT2D eigenvalue weighted by molar-refractivity contribution is -1.03. The van der Waals surface area contributed by atoms with Crippen molar-refractivity contribution in [3.8, 4) is 0 Å². The summed E-state index contributed by atoms with van der Waals surface area (Å²) >= 11 is 7.00. The van der Waals surface area contributed by atoms with Gasteiger partial charge < -0.3 is 15.1 Å². The summed E-state index contributed by atoms with van der Waals surface area (Å²) in [4.78, 5) is 3.19. The highest BCUT2D eigenvalue weighted by Gasteiger charge is 2.31. The van der Waals surface area contributed by atoms with Gasteiger partial charge in [-0.15, -0.1) is 5.10 Å². The van der Waals surface area contributed by atoms with E-state index in [0.29, 0.717) is 6.04 Å². The van der Waals surface area contributed by atoms with Crippen molar-refractivity contribution >= 4 is 28.7 Å². The van der Waals surface area contributed by atoms with Crippen LogP contribution in [-0.4, -0.2) is 43.0 Å². The van der Waals surface area contributed by atoms with E-state index in [9.17, 15) is 0 Å². The Labute approximate surface area is 175 Å². The molecule has 0 unspecified atom stereocenters. The molecule has 4 rings (SSSR count). The quantitative estimate of drug-likeness (QED) is 0.533. The molecular formula is C21H27N5S2+2. The Morgan fingerprint density at radius 2 is 1.57 bits per heavy atom. The van der Waals surface area contributed by atoms with Crippen molar-refractivity contribution in [1.29, 1.82) is 0 Å². The summed E-state index contributed by atoms with van der Waals surface area (Å²) in [5.41, 5.74) is 2.79. The minimum absolute atomic E-state index is 0.390. The van der Waals surface area contributed by atoms with Crippen LogP contribution in [0.2, 0.25) is 0 Å². The fourth-order valence-electron chi connectivity index (χ4n) is 4.05. The number of hydrogen-bond donors (Lipinski definition) is 3. The summed E-state index contributed by atoms with van der Waals surface area (Å²) in [6.07, 6.45) is 0. The Hall–Kier alpha value is -2.06. The van der Waals surface area contributed by atoms with E-state index in [2.05, 4.69) is 71.1 Å². The number of nitrogens with zero attached hydrogens (tertiary/aromatic N) is 2. The summed E-state index contributed by atoms with van der Waals surface area (Å²) in [7, 11) is 1.89. The molecule has 0 spiro atoms. The standard InChI is InChI=1S/C21H25N5S2/c1-22-20-23-26(21(27)28-20)16-24-12-14-25(15-13-24)19(17-8-4-2-5-9-17)18-10-6-3-7-11-18/h2-11,19H,12-16H2,1H3,(H,22,23)/p+2. The second-order valence-corrected chi connectivity index (χ2v) is 8.87. The molecule has 146 valence electrons. The van der Waals surface area contributed by atoms with Crippen LogP contribution < -0.4 is 15.1 Å². The van der Waals surface area contributed by atoms with Crippen LogP contribution in [0.1, 0.15) is 17.2 Å². The number of nitrogens with one attached hydrogen (secondary N) is 3. The van der Waals surface area contributed by atoms with Crippen molar-refractivity contribution in [3.63, 3.8) is 0 Å². The Morgan fingerprint density at radius 3 is 2.07 bits per heavy atom. The van der Waals surface area contributed by atoms with Gasteiger partial charge >= 0.3 is 0 Å². The SMILES string of the molecule is CNc1nn(C[NH+]2CC[NH+](C(c3ccccc3)c3ccccc3)CC2)c(=S)s1. The number of aromatic nitrogens is 2. The van der Waals surface area contributed by atoms with Crippen molar-refractivity contribution in [3.05, 3.63) is 75.7 Å². The normalized spacial score (nSPS) is 19.6. The van der Waals surface area contributed by atoms with Gasteiger partial charge in [-0.05, 0) is 12.2 Å². The highest BCUT2D eigenvalue weighted by atomic mass is 32.1. The molecule has 1 fully saturated rings. The Kier molecular flexibility index (Phi) is 6.17. The maximum atomic E-state index is 5.46. The van der Waals surface area contributed by atoms with Crippen LogP contribution in [0.5, 0.6) is 0 Å². The second kappa shape index (κ2) is 8.96. The molecule has 3 aromatic rings. The third-order valence-electron chi connectivity index (χ3n) is 5.47. The van der Waals surface area contributed by atoms with Crippen molar-refractivity contribution < 1.29 is 9.80 Å². The molecule has 1 aromatic heterocycles. The fraction of sp³-hybridized carbons (Fsp3) is 0.333.